The van der Waals surface area contributed by atoms with Crippen molar-refractivity contribution in [2.24, 2.45) is 4.99 Å². The van der Waals surface area contributed by atoms with Gasteiger partial charge in [0.2, 0.25) is 5.91 Å². The molecule has 1 aliphatic heterocycles. The van der Waals surface area contributed by atoms with E-state index in [1.807, 2.05) is 35.7 Å². The summed E-state index contributed by atoms with van der Waals surface area (Å²) in [6.07, 6.45) is 0.178. The molecule has 1 amide bonds. The summed E-state index contributed by atoms with van der Waals surface area (Å²) >= 11 is 1.64. The number of rotatable bonds is 2. The number of hydrogen-bond donors (Lipinski definition) is 1. The van der Waals surface area contributed by atoms with Crippen molar-refractivity contribution in [3.8, 4) is 17.2 Å². The molecule has 120 valence electrons. The first kappa shape index (κ1) is 15.3. The molecule has 2 heterocycles. The van der Waals surface area contributed by atoms with Crippen molar-refractivity contribution in [2.75, 3.05) is 5.32 Å². The van der Waals surface area contributed by atoms with Crippen molar-refractivity contribution in [2.45, 2.75) is 6.42 Å². The number of nitrogens with zero attached hydrogens (tertiary/aromatic N) is 2. The summed E-state index contributed by atoms with van der Waals surface area (Å²) in [7, 11) is 0. The Hall–Kier alpha value is -3.23. The number of fused-ring (bicyclic) bond motifs is 1. The van der Waals surface area contributed by atoms with E-state index in [-0.39, 0.29) is 12.3 Å². The van der Waals surface area contributed by atoms with Gasteiger partial charge >= 0.3 is 0 Å². The number of carbonyl (C=O) groups is 1. The van der Waals surface area contributed by atoms with Crippen molar-refractivity contribution in [3.63, 3.8) is 0 Å². The number of hydrogen-bond acceptors (Lipinski definition) is 4. The molecule has 1 aromatic heterocycles. The molecular formula is C20H13N3OS. The van der Waals surface area contributed by atoms with Gasteiger partial charge in [0.25, 0.3) is 0 Å². The Bertz CT molecular complexity index is 1030. The van der Waals surface area contributed by atoms with Crippen LogP contribution in [0.5, 0.6) is 0 Å². The Labute approximate surface area is 149 Å². The van der Waals surface area contributed by atoms with Gasteiger partial charge in [-0.3, -0.25) is 9.79 Å². The summed E-state index contributed by atoms with van der Waals surface area (Å²) in [5.41, 5.74) is 5.61. The monoisotopic (exact) mass is 343 g/mol. The van der Waals surface area contributed by atoms with Gasteiger partial charge in [0, 0.05) is 0 Å². The van der Waals surface area contributed by atoms with E-state index >= 15 is 0 Å². The quantitative estimate of drug-likeness (QED) is 0.730. The molecule has 3 aromatic rings. The molecule has 0 saturated heterocycles. The molecule has 0 spiro atoms. The third kappa shape index (κ3) is 3.08. The number of nitriles is 1. The summed E-state index contributed by atoms with van der Waals surface area (Å²) < 4.78 is 0. The summed E-state index contributed by atoms with van der Waals surface area (Å²) in [4.78, 5) is 17.0. The van der Waals surface area contributed by atoms with Crippen molar-refractivity contribution in [3.05, 3.63) is 70.4 Å². The molecule has 0 unspecified atom stereocenters. The maximum atomic E-state index is 12.3. The highest BCUT2D eigenvalue weighted by atomic mass is 32.1. The first-order valence-corrected chi connectivity index (χ1v) is 8.72. The average Bonchev–Trinajstić information content (AvgIpc) is 3.11. The normalized spacial score (nSPS) is 13.2. The molecule has 5 heteroatoms. The number of amides is 1. The lowest BCUT2D eigenvalue weighted by Crippen LogP contribution is -2.15. The molecule has 1 N–H and O–H groups in total. The van der Waals surface area contributed by atoms with Crippen LogP contribution < -0.4 is 5.32 Å². The van der Waals surface area contributed by atoms with Crippen molar-refractivity contribution >= 4 is 34.3 Å². The molecule has 4 rings (SSSR count). The Morgan fingerprint density at radius 1 is 1.08 bits per heavy atom. The van der Waals surface area contributed by atoms with Crippen LogP contribution in [0.25, 0.3) is 11.1 Å². The van der Waals surface area contributed by atoms with Gasteiger partial charge in [0.15, 0.2) is 0 Å². The van der Waals surface area contributed by atoms with Crippen molar-refractivity contribution < 1.29 is 4.79 Å². The topological polar surface area (TPSA) is 65.2 Å². The zero-order valence-corrected chi connectivity index (χ0v) is 14.0. The fraction of sp³-hybridized carbons (Fsp3) is 0.0500. The molecule has 0 bridgehead atoms. The molecule has 0 aliphatic carbocycles. The maximum absolute atomic E-state index is 12.3. The number of anilines is 1. The van der Waals surface area contributed by atoms with Gasteiger partial charge in [-0.25, -0.2) is 0 Å². The SMILES string of the molecule is N#Cc1cccc(C2=Nc3ccc(-c4ccsc4)cc3NC(=O)C2)c1. The van der Waals surface area contributed by atoms with Crippen LogP contribution in [0, 0.1) is 11.3 Å². The van der Waals surface area contributed by atoms with Crippen LogP contribution in [0.2, 0.25) is 0 Å². The lowest BCUT2D eigenvalue weighted by Gasteiger charge is -2.07. The molecule has 0 saturated carbocycles. The Balaban J connectivity index is 1.79. The molecule has 1 aliphatic rings. The van der Waals surface area contributed by atoms with E-state index in [4.69, 9.17) is 5.26 Å². The number of aliphatic imine (C=N–C) groups is 1. The van der Waals surface area contributed by atoms with Crippen LogP contribution in [-0.2, 0) is 4.79 Å². The number of nitrogens with one attached hydrogen (secondary N) is 1. The summed E-state index contributed by atoms with van der Waals surface area (Å²) in [6.45, 7) is 0. The fourth-order valence-corrected chi connectivity index (χ4v) is 3.47. The highest BCUT2D eigenvalue weighted by Crippen LogP contribution is 2.34. The van der Waals surface area contributed by atoms with Gasteiger partial charge in [-0.05, 0) is 57.8 Å². The van der Waals surface area contributed by atoms with Crippen LogP contribution in [0.15, 0.2) is 64.3 Å². The van der Waals surface area contributed by atoms with Crippen molar-refractivity contribution in [1.29, 1.82) is 5.26 Å². The zero-order chi connectivity index (χ0) is 17.2. The number of thiophene rings is 1. The molecule has 0 radical (unpaired) electrons. The second-order valence-corrected chi connectivity index (χ2v) is 6.50. The van der Waals surface area contributed by atoms with Crippen LogP contribution in [0.4, 0.5) is 11.4 Å². The van der Waals surface area contributed by atoms with E-state index in [0.29, 0.717) is 17.0 Å². The van der Waals surface area contributed by atoms with Gasteiger partial charge in [-0.1, -0.05) is 18.2 Å². The molecule has 25 heavy (non-hydrogen) atoms. The average molecular weight is 343 g/mol. The van der Waals surface area contributed by atoms with E-state index in [0.717, 1.165) is 22.4 Å². The Kier molecular flexibility index (Phi) is 3.88. The van der Waals surface area contributed by atoms with Gasteiger partial charge in [-0.2, -0.15) is 16.6 Å². The minimum absolute atomic E-state index is 0.109. The van der Waals surface area contributed by atoms with Crippen LogP contribution in [0.1, 0.15) is 17.5 Å². The molecule has 2 aromatic carbocycles. The lowest BCUT2D eigenvalue weighted by molar-refractivity contribution is -0.115. The smallest absolute Gasteiger partial charge is 0.230 e. The summed E-state index contributed by atoms with van der Waals surface area (Å²) in [6, 6.07) is 17.2. The number of carbonyl (C=O) groups excluding carboxylic acids is 1. The second-order valence-electron chi connectivity index (χ2n) is 5.72. The molecular weight excluding hydrogens is 330 g/mol. The Morgan fingerprint density at radius 3 is 2.80 bits per heavy atom. The summed E-state index contributed by atoms with van der Waals surface area (Å²) in [5, 5.41) is 16.1. The van der Waals surface area contributed by atoms with Crippen molar-refractivity contribution in [1.82, 2.24) is 0 Å². The maximum Gasteiger partial charge on any atom is 0.230 e. The van der Waals surface area contributed by atoms with Gasteiger partial charge < -0.3 is 5.32 Å². The van der Waals surface area contributed by atoms with Crippen LogP contribution >= 0.6 is 11.3 Å². The van der Waals surface area contributed by atoms with E-state index in [1.165, 1.54) is 0 Å². The van der Waals surface area contributed by atoms with E-state index in [9.17, 15) is 4.79 Å². The van der Waals surface area contributed by atoms with Gasteiger partial charge in [0.1, 0.15) is 0 Å². The lowest BCUT2D eigenvalue weighted by atomic mass is 10.0. The minimum atomic E-state index is -0.109. The Morgan fingerprint density at radius 2 is 2.00 bits per heavy atom. The molecule has 0 atom stereocenters. The summed E-state index contributed by atoms with van der Waals surface area (Å²) in [5.74, 6) is -0.109. The predicted octanol–water partition coefficient (Wildman–Crippen LogP) is 4.75. The second kappa shape index (κ2) is 6.34. The van der Waals surface area contributed by atoms with E-state index in [1.54, 1.807) is 29.5 Å². The van der Waals surface area contributed by atoms with Gasteiger partial charge in [0.05, 0.1) is 35.1 Å². The standard InChI is InChI=1S/C20H13N3OS/c21-11-13-2-1-3-15(8-13)18-10-20(24)23-19-9-14(4-5-17(19)22-18)16-6-7-25-12-16/h1-9,12H,10H2,(H,23,24). The highest BCUT2D eigenvalue weighted by Gasteiger charge is 2.18. The first-order chi connectivity index (χ1) is 12.2. The fourth-order valence-electron chi connectivity index (χ4n) is 2.81. The van der Waals surface area contributed by atoms with E-state index in [2.05, 4.69) is 21.8 Å². The highest BCUT2D eigenvalue weighted by molar-refractivity contribution is 7.08. The number of benzene rings is 2. The van der Waals surface area contributed by atoms with Gasteiger partial charge in [-0.15, -0.1) is 0 Å². The zero-order valence-electron chi connectivity index (χ0n) is 13.2. The van der Waals surface area contributed by atoms with Crippen LogP contribution in [0.3, 0.4) is 0 Å². The van der Waals surface area contributed by atoms with E-state index < -0.39 is 0 Å². The largest absolute Gasteiger partial charge is 0.324 e. The predicted molar refractivity (Wildman–Crippen MR) is 100 cm³/mol. The first-order valence-electron chi connectivity index (χ1n) is 7.77. The third-order valence-electron chi connectivity index (χ3n) is 4.03. The van der Waals surface area contributed by atoms with Crippen LogP contribution in [-0.4, -0.2) is 11.6 Å². The third-order valence-corrected chi connectivity index (χ3v) is 4.72. The molecule has 0 fully saturated rings. The minimum Gasteiger partial charge on any atom is -0.324 e. The molecule has 4 nitrogen and oxygen atoms in total.